The number of carbonyl (C=O) groups is 1. The van der Waals surface area contributed by atoms with E-state index in [-0.39, 0.29) is 6.04 Å². The molecule has 1 rings (SSSR count). The molecule has 2 N–H and O–H groups in total. The topological polar surface area (TPSA) is 58.8 Å². The number of nitrogens with two attached hydrogens (primary N) is 1. The molecule has 0 aromatic heterocycles. The second kappa shape index (κ2) is 6.93. The molecule has 5 nitrogen and oxygen atoms in total. The van der Waals surface area contributed by atoms with E-state index in [2.05, 4.69) is 9.64 Å². The Kier molecular flexibility index (Phi) is 6.01. The van der Waals surface area contributed by atoms with Crippen molar-refractivity contribution in [1.29, 1.82) is 0 Å². The highest BCUT2D eigenvalue weighted by atomic mass is 19.4. The molecule has 0 aromatic carbocycles. The third-order valence-corrected chi connectivity index (χ3v) is 3.80. The molecule has 0 amide bonds. The van der Waals surface area contributed by atoms with Gasteiger partial charge in [-0.2, -0.15) is 13.2 Å². The second-order valence-corrected chi connectivity index (χ2v) is 5.89. The van der Waals surface area contributed by atoms with E-state index in [1.54, 1.807) is 6.92 Å². The molecule has 0 aliphatic carbocycles. The quantitative estimate of drug-likeness (QED) is 0.762. The van der Waals surface area contributed by atoms with Crippen LogP contribution in [0.15, 0.2) is 0 Å². The molecular weight excluding hydrogens is 287 g/mol. The summed E-state index contributed by atoms with van der Waals surface area (Å²) in [5.41, 5.74) is 4.84. The largest absolute Gasteiger partial charge is 0.468 e. The minimum Gasteiger partial charge on any atom is -0.468 e. The lowest BCUT2D eigenvalue weighted by atomic mass is 9.94. The van der Waals surface area contributed by atoms with E-state index in [1.807, 2.05) is 6.92 Å². The van der Waals surface area contributed by atoms with Gasteiger partial charge >= 0.3 is 12.1 Å². The van der Waals surface area contributed by atoms with Crippen molar-refractivity contribution in [2.45, 2.75) is 38.0 Å². The van der Waals surface area contributed by atoms with E-state index in [9.17, 15) is 18.0 Å². The average molecular weight is 311 g/mol. The van der Waals surface area contributed by atoms with E-state index in [0.717, 1.165) is 0 Å². The molecule has 0 saturated carbocycles. The van der Waals surface area contributed by atoms with Crippen LogP contribution in [0.5, 0.6) is 0 Å². The van der Waals surface area contributed by atoms with Gasteiger partial charge in [-0.05, 0) is 20.3 Å². The van der Waals surface area contributed by atoms with Gasteiger partial charge < -0.3 is 10.5 Å². The Hall–Kier alpha value is -0.860. The normalized spacial score (nSPS) is 22.6. The van der Waals surface area contributed by atoms with Crippen LogP contribution in [0.3, 0.4) is 0 Å². The summed E-state index contributed by atoms with van der Waals surface area (Å²) in [6, 6.07) is 0.00661. The van der Waals surface area contributed by atoms with E-state index in [1.165, 1.54) is 12.0 Å². The predicted octanol–water partition coefficient (Wildman–Crippen LogP) is 0.835. The average Bonchev–Trinajstić information content (AvgIpc) is 2.36. The molecule has 1 aliphatic rings. The highest BCUT2D eigenvalue weighted by Crippen LogP contribution is 2.20. The van der Waals surface area contributed by atoms with Crippen molar-refractivity contribution in [1.82, 2.24) is 9.80 Å². The molecule has 21 heavy (non-hydrogen) atoms. The van der Waals surface area contributed by atoms with Gasteiger partial charge in [0.1, 0.15) is 5.54 Å². The maximum absolute atomic E-state index is 12.3. The van der Waals surface area contributed by atoms with Crippen LogP contribution >= 0.6 is 0 Å². The number of methoxy groups -OCH3 is 1. The fraction of sp³-hybridized carbons (Fsp3) is 0.923. The van der Waals surface area contributed by atoms with E-state index in [0.29, 0.717) is 32.6 Å². The van der Waals surface area contributed by atoms with Crippen LogP contribution in [0.1, 0.15) is 20.3 Å². The summed E-state index contributed by atoms with van der Waals surface area (Å²) in [6.07, 6.45) is -3.76. The van der Waals surface area contributed by atoms with Crippen LogP contribution in [0.2, 0.25) is 0 Å². The van der Waals surface area contributed by atoms with Crippen molar-refractivity contribution < 1.29 is 22.7 Å². The number of hydrogen-bond acceptors (Lipinski definition) is 5. The van der Waals surface area contributed by atoms with Gasteiger partial charge in [-0.1, -0.05) is 0 Å². The zero-order chi connectivity index (χ0) is 16.3. The van der Waals surface area contributed by atoms with E-state index >= 15 is 0 Å². The van der Waals surface area contributed by atoms with Gasteiger partial charge in [-0.3, -0.25) is 14.6 Å². The fourth-order valence-electron chi connectivity index (χ4n) is 2.68. The molecular formula is C13H24F3N3O2. The summed E-state index contributed by atoms with van der Waals surface area (Å²) < 4.78 is 41.6. The van der Waals surface area contributed by atoms with Gasteiger partial charge in [-0.15, -0.1) is 0 Å². The summed E-state index contributed by atoms with van der Waals surface area (Å²) in [5.74, 6) is -0.481. The first-order valence-corrected chi connectivity index (χ1v) is 6.95. The SMILES string of the molecule is COC(=O)C(C)(N)CC(C)N1CCN(CC(F)(F)F)CC1. The van der Waals surface area contributed by atoms with Crippen molar-refractivity contribution in [2.75, 3.05) is 39.8 Å². The number of hydrogen-bond donors (Lipinski definition) is 1. The van der Waals surface area contributed by atoms with Crippen LogP contribution in [-0.2, 0) is 9.53 Å². The molecule has 2 unspecified atom stereocenters. The third-order valence-electron chi connectivity index (χ3n) is 3.80. The number of rotatable bonds is 5. The second-order valence-electron chi connectivity index (χ2n) is 5.89. The van der Waals surface area contributed by atoms with Crippen molar-refractivity contribution in [3.63, 3.8) is 0 Å². The standard InChI is InChI=1S/C13H24F3N3O2/c1-10(8-12(2,17)11(20)21-3)19-6-4-18(5-7-19)9-13(14,15)16/h10H,4-9,17H2,1-3H3. The van der Waals surface area contributed by atoms with Crippen LogP contribution in [-0.4, -0.2) is 73.4 Å². The summed E-state index contributed by atoms with van der Waals surface area (Å²) in [6.45, 7) is 4.46. The maximum atomic E-state index is 12.3. The zero-order valence-electron chi connectivity index (χ0n) is 12.7. The monoisotopic (exact) mass is 311 g/mol. The van der Waals surface area contributed by atoms with Gasteiger partial charge in [0.2, 0.25) is 0 Å². The number of carbonyl (C=O) groups excluding carboxylic acids is 1. The molecule has 1 saturated heterocycles. The molecule has 1 aliphatic heterocycles. The number of esters is 1. The van der Waals surface area contributed by atoms with Crippen LogP contribution in [0.25, 0.3) is 0 Å². The first-order valence-electron chi connectivity index (χ1n) is 6.95. The summed E-state index contributed by atoms with van der Waals surface area (Å²) in [7, 11) is 1.29. The molecule has 0 aromatic rings. The van der Waals surface area contributed by atoms with E-state index in [4.69, 9.17) is 5.73 Å². The van der Waals surface area contributed by atoms with Gasteiger partial charge in [0.15, 0.2) is 0 Å². The Morgan fingerprint density at radius 1 is 1.29 bits per heavy atom. The number of halogens is 3. The number of alkyl halides is 3. The smallest absolute Gasteiger partial charge is 0.401 e. The number of ether oxygens (including phenoxy) is 1. The molecule has 2 atom stereocenters. The van der Waals surface area contributed by atoms with Gasteiger partial charge in [0.25, 0.3) is 0 Å². The van der Waals surface area contributed by atoms with Crippen molar-refractivity contribution in [3.05, 3.63) is 0 Å². The van der Waals surface area contributed by atoms with Crippen molar-refractivity contribution in [3.8, 4) is 0 Å². The third kappa shape index (κ3) is 5.80. The lowest BCUT2D eigenvalue weighted by molar-refractivity contribution is -0.151. The van der Waals surface area contributed by atoms with Crippen molar-refractivity contribution >= 4 is 5.97 Å². The number of nitrogens with zero attached hydrogens (tertiary/aromatic N) is 2. The van der Waals surface area contributed by atoms with Crippen LogP contribution < -0.4 is 5.73 Å². The Morgan fingerprint density at radius 3 is 2.24 bits per heavy atom. The Labute approximate surface area is 123 Å². The molecule has 1 heterocycles. The minimum absolute atomic E-state index is 0.00661. The van der Waals surface area contributed by atoms with Crippen LogP contribution in [0, 0.1) is 0 Å². The Morgan fingerprint density at radius 2 is 1.81 bits per heavy atom. The summed E-state index contributed by atoms with van der Waals surface area (Å²) >= 11 is 0. The lowest BCUT2D eigenvalue weighted by Gasteiger charge is -2.40. The Balaban J connectivity index is 2.45. The summed E-state index contributed by atoms with van der Waals surface area (Å²) in [5, 5.41) is 0. The minimum atomic E-state index is -4.16. The predicted molar refractivity (Wildman–Crippen MR) is 72.8 cm³/mol. The molecule has 124 valence electrons. The first-order chi connectivity index (χ1) is 9.55. The lowest BCUT2D eigenvalue weighted by Crippen LogP contribution is -2.55. The maximum Gasteiger partial charge on any atom is 0.401 e. The van der Waals surface area contributed by atoms with Crippen LogP contribution in [0.4, 0.5) is 13.2 Å². The molecule has 0 spiro atoms. The molecule has 1 fully saturated rings. The Bertz CT molecular complexity index is 353. The van der Waals surface area contributed by atoms with Gasteiger partial charge in [0.05, 0.1) is 13.7 Å². The highest BCUT2D eigenvalue weighted by Gasteiger charge is 2.36. The number of piperazine rings is 1. The first kappa shape index (κ1) is 18.2. The van der Waals surface area contributed by atoms with Gasteiger partial charge in [-0.25, -0.2) is 0 Å². The highest BCUT2D eigenvalue weighted by molar-refractivity contribution is 5.79. The zero-order valence-corrected chi connectivity index (χ0v) is 12.7. The van der Waals surface area contributed by atoms with E-state index < -0.39 is 24.2 Å². The van der Waals surface area contributed by atoms with Gasteiger partial charge in [0, 0.05) is 32.2 Å². The van der Waals surface area contributed by atoms with Crippen molar-refractivity contribution in [2.24, 2.45) is 5.73 Å². The molecule has 0 bridgehead atoms. The molecule has 0 radical (unpaired) electrons. The fourth-order valence-corrected chi connectivity index (χ4v) is 2.68. The molecule has 8 heteroatoms. The summed E-state index contributed by atoms with van der Waals surface area (Å²) in [4.78, 5) is 15.0.